The first-order valence-corrected chi connectivity index (χ1v) is 6.78. The van der Waals surface area contributed by atoms with E-state index in [-0.39, 0.29) is 17.2 Å². The molecule has 1 fully saturated rings. The molecule has 2 heterocycles. The summed E-state index contributed by atoms with van der Waals surface area (Å²) in [6.07, 6.45) is 2.57. The first-order chi connectivity index (χ1) is 8.51. The summed E-state index contributed by atoms with van der Waals surface area (Å²) in [7, 11) is -2.05. The molecule has 1 atom stereocenters. The van der Waals surface area contributed by atoms with Crippen LogP contribution in [0.1, 0.15) is 6.42 Å². The molecular formula is C9H13N5O3S. The predicted molar refractivity (Wildman–Crippen MR) is 63.3 cm³/mol. The Hall–Kier alpha value is -1.74. The highest BCUT2D eigenvalue weighted by atomic mass is 32.2. The van der Waals surface area contributed by atoms with E-state index in [1.165, 1.54) is 12.4 Å². The number of amides is 1. The summed E-state index contributed by atoms with van der Waals surface area (Å²) >= 11 is 0. The lowest BCUT2D eigenvalue weighted by Crippen LogP contribution is -2.36. The van der Waals surface area contributed by atoms with Crippen LogP contribution in [0.5, 0.6) is 0 Å². The van der Waals surface area contributed by atoms with Gasteiger partial charge in [0, 0.05) is 26.1 Å². The Labute approximate surface area is 104 Å². The van der Waals surface area contributed by atoms with E-state index in [1.54, 1.807) is 7.05 Å². The van der Waals surface area contributed by atoms with Crippen molar-refractivity contribution in [1.29, 1.82) is 0 Å². The molecule has 1 saturated heterocycles. The van der Waals surface area contributed by atoms with E-state index in [4.69, 9.17) is 0 Å². The quantitative estimate of drug-likeness (QED) is 0.626. The minimum absolute atomic E-state index is 0.0270. The first-order valence-electron chi connectivity index (χ1n) is 5.30. The van der Waals surface area contributed by atoms with Crippen molar-refractivity contribution in [3.05, 3.63) is 12.4 Å². The monoisotopic (exact) mass is 271 g/mol. The van der Waals surface area contributed by atoms with Crippen LogP contribution in [0.2, 0.25) is 0 Å². The Balaban J connectivity index is 2.12. The molecule has 98 valence electrons. The van der Waals surface area contributed by atoms with E-state index < -0.39 is 16.1 Å². The summed E-state index contributed by atoms with van der Waals surface area (Å²) in [5.41, 5.74) is 0. The number of nitrogens with one attached hydrogen (secondary N) is 3. The number of nitrogens with zero attached hydrogens (tertiary/aromatic N) is 2. The average Bonchev–Trinajstić information content (AvgIpc) is 2.74. The van der Waals surface area contributed by atoms with E-state index in [0.29, 0.717) is 12.5 Å². The molecule has 0 saturated carbocycles. The molecule has 1 aromatic rings. The lowest BCUT2D eigenvalue weighted by atomic mass is 10.3. The zero-order chi connectivity index (χ0) is 13.2. The maximum absolute atomic E-state index is 11.9. The van der Waals surface area contributed by atoms with Crippen molar-refractivity contribution < 1.29 is 13.2 Å². The van der Waals surface area contributed by atoms with Crippen LogP contribution in [0.4, 0.5) is 5.95 Å². The Bertz CT molecular complexity index is 542. The summed E-state index contributed by atoms with van der Waals surface area (Å²) in [6.45, 7) is 0.299. The van der Waals surface area contributed by atoms with Crippen LogP contribution in [0.3, 0.4) is 0 Å². The largest absolute Gasteiger partial charge is 0.357 e. The minimum Gasteiger partial charge on any atom is -0.357 e. The third-order valence-electron chi connectivity index (χ3n) is 2.46. The fourth-order valence-electron chi connectivity index (χ4n) is 1.56. The van der Waals surface area contributed by atoms with Crippen LogP contribution < -0.4 is 15.4 Å². The van der Waals surface area contributed by atoms with Crippen molar-refractivity contribution in [1.82, 2.24) is 20.0 Å². The lowest BCUT2D eigenvalue weighted by molar-refractivity contribution is -0.119. The van der Waals surface area contributed by atoms with Gasteiger partial charge in [0.2, 0.25) is 21.9 Å². The Morgan fingerprint density at radius 2 is 2.06 bits per heavy atom. The molecule has 3 N–H and O–H groups in total. The molecule has 8 nitrogen and oxygen atoms in total. The number of aromatic nitrogens is 2. The fourth-order valence-corrected chi connectivity index (χ4v) is 2.68. The molecule has 1 amide bonds. The summed E-state index contributed by atoms with van der Waals surface area (Å²) in [6, 6.07) is -0.425. The topological polar surface area (TPSA) is 113 Å². The third kappa shape index (κ3) is 2.74. The Morgan fingerprint density at radius 1 is 1.39 bits per heavy atom. The molecule has 18 heavy (non-hydrogen) atoms. The van der Waals surface area contributed by atoms with Gasteiger partial charge < -0.3 is 10.6 Å². The van der Waals surface area contributed by atoms with Crippen LogP contribution in [-0.2, 0) is 14.8 Å². The van der Waals surface area contributed by atoms with Crippen molar-refractivity contribution >= 4 is 21.9 Å². The van der Waals surface area contributed by atoms with Crippen molar-refractivity contribution in [3.8, 4) is 0 Å². The smallest absolute Gasteiger partial charge is 0.243 e. The molecule has 1 aromatic heterocycles. The van der Waals surface area contributed by atoms with Gasteiger partial charge in [0.25, 0.3) is 0 Å². The zero-order valence-corrected chi connectivity index (χ0v) is 10.5. The number of carbonyl (C=O) groups is 1. The first kappa shape index (κ1) is 12.7. The van der Waals surface area contributed by atoms with Crippen molar-refractivity contribution in [2.24, 2.45) is 0 Å². The van der Waals surface area contributed by atoms with E-state index in [9.17, 15) is 13.2 Å². The highest BCUT2D eigenvalue weighted by Gasteiger charge is 2.27. The molecule has 1 aliphatic heterocycles. The summed E-state index contributed by atoms with van der Waals surface area (Å²) < 4.78 is 26.3. The molecule has 0 spiro atoms. The van der Waals surface area contributed by atoms with Gasteiger partial charge in [-0.15, -0.1) is 0 Å². The number of anilines is 1. The van der Waals surface area contributed by atoms with Gasteiger partial charge in [-0.05, 0) is 0 Å². The summed E-state index contributed by atoms with van der Waals surface area (Å²) in [5, 5.41) is 5.25. The predicted octanol–water partition coefficient (Wildman–Crippen LogP) is -1.31. The van der Waals surface area contributed by atoms with Gasteiger partial charge in [-0.25, -0.2) is 23.1 Å². The van der Waals surface area contributed by atoms with E-state index >= 15 is 0 Å². The number of hydrogen-bond donors (Lipinski definition) is 3. The van der Waals surface area contributed by atoms with Gasteiger partial charge in [0.1, 0.15) is 4.90 Å². The van der Waals surface area contributed by atoms with E-state index in [2.05, 4.69) is 25.3 Å². The van der Waals surface area contributed by atoms with Gasteiger partial charge in [0.05, 0.1) is 12.4 Å². The minimum atomic E-state index is -3.69. The van der Waals surface area contributed by atoms with Gasteiger partial charge in [0.15, 0.2) is 0 Å². The molecular weight excluding hydrogens is 258 g/mol. The SMILES string of the molecule is CNc1ncc(S(=O)(=O)NC2CNC(=O)C2)cn1. The zero-order valence-electron chi connectivity index (χ0n) is 9.67. The molecule has 0 bridgehead atoms. The molecule has 0 aliphatic carbocycles. The lowest BCUT2D eigenvalue weighted by Gasteiger charge is -2.10. The number of rotatable bonds is 4. The molecule has 9 heteroatoms. The molecule has 0 radical (unpaired) electrons. The number of sulfonamides is 1. The third-order valence-corrected chi connectivity index (χ3v) is 3.94. The van der Waals surface area contributed by atoms with E-state index in [0.717, 1.165) is 0 Å². The maximum Gasteiger partial charge on any atom is 0.243 e. The van der Waals surface area contributed by atoms with Gasteiger partial charge in [-0.3, -0.25) is 4.79 Å². The molecule has 2 rings (SSSR count). The molecule has 0 aromatic carbocycles. The van der Waals surface area contributed by atoms with Crippen LogP contribution >= 0.6 is 0 Å². The summed E-state index contributed by atoms with van der Waals surface area (Å²) in [4.78, 5) is 18.6. The Kier molecular flexibility index (Phi) is 3.43. The average molecular weight is 271 g/mol. The fraction of sp³-hybridized carbons (Fsp3) is 0.444. The number of hydrogen-bond acceptors (Lipinski definition) is 6. The van der Waals surface area contributed by atoms with Crippen LogP contribution in [0.25, 0.3) is 0 Å². The van der Waals surface area contributed by atoms with Crippen LogP contribution in [-0.4, -0.2) is 43.9 Å². The van der Waals surface area contributed by atoms with Gasteiger partial charge in [-0.1, -0.05) is 0 Å². The summed E-state index contributed by atoms with van der Waals surface area (Å²) in [5.74, 6) is 0.177. The molecule has 1 aliphatic rings. The van der Waals surface area contributed by atoms with Gasteiger partial charge >= 0.3 is 0 Å². The Morgan fingerprint density at radius 3 is 2.56 bits per heavy atom. The maximum atomic E-state index is 11.9. The van der Waals surface area contributed by atoms with Crippen molar-refractivity contribution in [2.75, 3.05) is 18.9 Å². The number of carbonyl (C=O) groups excluding carboxylic acids is 1. The highest BCUT2D eigenvalue weighted by Crippen LogP contribution is 2.10. The van der Waals surface area contributed by atoms with E-state index in [1.807, 2.05) is 0 Å². The molecule has 1 unspecified atom stereocenters. The van der Waals surface area contributed by atoms with Gasteiger partial charge in [-0.2, -0.15) is 0 Å². The van der Waals surface area contributed by atoms with Crippen molar-refractivity contribution in [2.45, 2.75) is 17.4 Å². The van der Waals surface area contributed by atoms with Crippen LogP contribution in [0, 0.1) is 0 Å². The second kappa shape index (κ2) is 4.86. The second-order valence-corrected chi connectivity index (χ2v) is 5.53. The highest BCUT2D eigenvalue weighted by molar-refractivity contribution is 7.89. The second-order valence-electron chi connectivity index (χ2n) is 3.82. The standard InChI is InChI=1S/C9H13N5O3S/c1-10-9-12-4-7(5-13-9)18(16,17)14-6-2-8(15)11-3-6/h4-6,14H,2-3H2,1H3,(H,11,15)(H,10,12,13). The van der Waals surface area contributed by atoms with Crippen molar-refractivity contribution in [3.63, 3.8) is 0 Å². The van der Waals surface area contributed by atoms with Crippen LogP contribution in [0.15, 0.2) is 17.3 Å². The normalized spacial score (nSPS) is 19.6.